The summed E-state index contributed by atoms with van der Waals surface area (Å²) in [6.07, 6.45) is 1.55. The average Bonchev–Trinajstić information content (AvgIpc) is 3.28. The fraction of sp³-hybridized carbons (Fsp3) is 0.304. The van der Waals surface area contributed by atoms with E-state index in [4.69, 9.17) is 4.74 Å². The molecule has 0 saturated carbocycles. The third-order valence-corrected chi connectivity index (χ3v) is 5.65. The highest BCUT2D eigenvalue weighted by molar-refractivity contribution is 5.92. The normalized spacial score (nSPS) is 14.3. The van der Waals surface area contributed by atoms with Gasteiger partial charge in [-0.3, -0.25) is 19.8 Å². The van der Waals surface area contributed by atoms with Gasteiger partial charge in [-0.1, -0.05) is 24.3 Å². The highest BCUT2D eigenvalue weighted by Crippen LogP contribution is 2.27. The number of amides is 1. The molecule has 33 heavy (non-hydrogen) atoms. The molecule has 1 aliphatic rings. The highest BCUT2D eigenvalue weighted by Gasteiger charge is 2.24. The van der Waals surface area contributed by atoms with Gasteiger partial charge in [-0.25, -0.2) is 9.07 Å². The Morgan fingerprint density at radius 2 is 1.91 bits per heavy atom. The highest BCUT2D eigenvalue weighted by atomic mass is 19.1. The smallest absolute Gasteiger partial charge is 0.311 e. The van der Waals surface area contributed by atoms with Crippen molar-refractivity contribution in [3.8, 4) is 5.75 Å². The summed E-state index contributed by atoms with van der Waals surface area (Å²) in [4.78, 5) is 27.4. The number of ether oxygens (including phenoxy) is 1. The lowest BCUT2D eigenvalue weighted by Crippen LogP contribution is -2.48. The van der Waals surface area contributed by atoms with Gasteiger partial charge in [0.25, 0.3) is 5.91 Å². The number of carbonyl (C=O) groups excluding carboxylic acids is 1. The van der Waals surface area contributed by atoms with Crippen molar-refractivity contribution in [3.63, 3.8) is 0 Å². The molecule has 4 rings (SSSR count). The van der Waals surface area contributed by atoms with Crippen molar-refractivity contribution in [1.82, 2.24) is 19.6 Å². The van der Waals surface area contributed by atoms with Crippen molar-refractivity contribution >= 4 is 11.6 Å². The number of nitrogens with zero attached hydrogens (tertiary/aromatic N) is 5. The first-order valence-electron chi connectivity index (χ1n) is 10.6. The minimum atomic E-state index is -0.647. The molecule has 10 heteroatoms. The van der Waals surface area contributed by atoms with Crippen LogP contribution in [0.2, 0.25) is 0 Å². The molecule has 9 nitrogen and oxygen atoms in total. The molecule has 172 valence electrons. The molecule has 3 aromatic rings. The fourth-order valence-electron chi connectivity index (χ4n) is 3.74. The third kappa shape index (κ3) is 5.35. The monoisotopic (exact) mass is 453 g/mol. The number of aromatic nitrogens is 2. The number of piperazine rings is 1. The van der Waals surface area contributed by atoms with Crippen LogP contribution in [0.3, 0.4) is 0 Å². The predicted octanol–water partition coefficient (Wildman–Crippen LogP) is 3.23. The standard InChI is InChI=1S/C23H24FN5O4/c1-17-4-2-3-5-18(17)15-26-10-12-27(13-11-26)23(30)20-8-9-28(25-20)16-33-22-14-19(24)6-7-21(22)29(31)32/h2-9,14H,10-13,15-16H2,1H3. The van der Waals surface area contributed by atoms with Crippen LogP contribution in [-0.2, 0) is 13.3 Å². The lowest BCUT2D eigenvalue weighted by molar-refractivity contribution is -0.386. The van der Waals surface area contributed by atoms with Crippen molar-refractivity contribution in [2.45, 2.75) is 20.2 Å². The number of aryl methyl sites for hydroxylation is 1. The van der Waals surface area contributed by atoms with Gasteiger partial charge in [-0.05, 0) is 30.2 Å². The van der Waals surface area contributed by atoms with Crippen molar-refractivity contribution in [2.24, 2.45) is 0 Å². The number of carbonyl (C=O) groups is 1. The minimum absolute atomic E-state index is 0.180. The summed E-state index contributed by atoms with van der Waals surface area (Å²) in [5.41, 5.74) is 2.46. The number of hydrogen-bond acceptors (Lipinski definition) is 6. The SMILES string of the molecule is Cc1ccccc1CN1CCN(C(=O)c2ccn(COc3cc(F)ccc3[N+](=O)[O-])n2)CC1. The second-order valence-electron chi connectivity index (χ2n) is 7.88. The molecule has 1 aromatic heterocycles. The molecule has 1 amide bonds. The Morgan fingerprint density at radius 1 is 1.15 bits per heavy atom. The second-order valence-corrected chi connectivity index (χ2v) is 7.88. The van der Waals surface area contributed by atoms with E-state index in [-0.39, 0.29) is 29.8 Å². The number of halogens is 1. The molecular weight excluding hydrogens is 429 g/mol. The van der Waals surface area contributed by atoms with Crippen LogP contribution in [-0.4, -0.2) is 56.6 Å². The fourth-order valence-corrected chi connectivity index (χ4v) is 3.74. The summed E-state index contributed by atoms with van der Waals surface area (Å²) < 4.78 is 20.2. The maximum absolute atomic E-state index is 13.4. The molecule has 0 bridgehead atoms. The molecule has 0 radical (unpaired) electrons. The lowest BCUT2D eigenvalue weighted by Gasteiger charge is -2.34. The zero-order chi connectivity index (χ0) is 23.4. The maximum atomic E-state index is 13.4. The summed E-state index contributed by atoms with van der Waals surface area (Å²) >= 11 is 0. The lowest BCUT2D eigenvalue weighted by atomic mass is 10.1. The number of nitro benzene ring substituents is 1. The maximum Gasteiger partial charge on any atom is 0.311 e. The van der Waals surface area contributed by atoms with E-state index >= 15 is 0 Å². The largest absolute Gasteiger partial charge is 0.464 e. The van der Waals surface area contributed by atoms with Crippen molar-refractivity contribution < 1.29 is 18.8 Å². The summed E-state index contributed by atoms with van der Waals surface area (Å²) in [5.74, 6) is -1.03. The van der Waals surface area contributed by atoms with Crippen LogP contribution >= 0.6 is 0 Å². The Labute approximate surface area is 190 Å². The van der Waals surface area contributed by atoms with E-state index in [0.717, 1.165) is 37.8 Å². The topological polar surface area (TPSA) is 93.7 Å². The Bertz CT molecular complexity index is 1160. The first-order chi connectivity index (χ1) is 15.9. The van der Waals surface area contributed by atoms with Crippen LogP contribution in [0, 0.1) is 22.9 Å². The van der Waals surface area contributed by atoms with E-state index in [2.05, 4.69) is 29.1 Å². The molecule has 0 aliphatic carbocycles. The van der Waals surface area contributed by atoms with Crippen LogP contribution < -0.4 is 4.74 Å². The van der Waals surface area contributed by atoms with Gasteiger partial charge in [0.15, 0.2) is 12.4 Å². The molecular formula is C23H24FN5O4. The van der Waals surface area contributed by atoms with Gasteiger partial charge in [0.2, 0.25) is 5.75 Å². The van der Waals surface area contributed by atoms with Crippen molar-refractivity contribution in [3.05, 3.63) is 87.5 Å². The molecule has 0 unspecified atom stereocenters. The Balaban J connectivity index is 1.32. The molecule has 2 aromatic carbocycles. The van der Waals surface area contributed by atoms with Crippen molar-refractivity contribution in [1.29, 1.82) is 0 Å². The minimum Gasteiger partial charge on any atom is -0.464 e. The molecule has 0 atom stereocenters. The zero-order valence-corrected chi connectivity index (χ0v) is 18.2. The van der Waals surface area contributed by atoms with E-state index in [1.807, 2.05) is 12.1 Å². The van der Waals surface area contributed by atoms with Gasteiger partial charge in [-0.15, -0.1) is 0 Å². The van der Waals surface area contributed by atoms with Crippen LogP contribution in [0.4, 0.5) is 10.1 Å². The van der Waals surface area contributed by atoms with Crippen molar-refractivity contribution in [2.75, 3.05) is 26.2 Å². The number of rotatable bonds is 7. The van der Waals surface area contributed by atoms with Crippen LogP contribution in [0.1, 0.15) is 21.6 Å². The van der Waals surface area contributed by atoms with E-state index in [1.54, 1.807) is 17.2 Å². The molecule has 1 aliphatic heterocycles. The number of benzene rings is 2. The van der Waals surface area contributed by atoms with Gasteiger partial charge in [0.1, 0.15) is 5.82 Å². The van der Waals surface area contributed by atoms with Gasteiger partial charge in [-0.2, -0.15) is 5.10 Å². The molecule has 2 heterocycles. The molecule has 1 saturated heterocycles. The van der Waals surface area contributed by atoms with Crippen LogP contribution in [0.5, 0.6) is 5.75 Å². The summed E-state index contributed by atoms with van der Waals surface area (Å²) in [6.45, 7) is 5.50. The van der Waals surface area contributed by atoms with Gasteiger partial charge in [0, 0.05) is 51.1 Å². The van der Waals surface area contributed by atoms with Crippen LogP contribution in [0.25, 0.3) is 0 Å². The number of nitro groups is 1. The average molecular weight is 453 g/mol. The Hall–Kier alpha value is -3.79. The zero-order valence-electron chi connectivity index (χ0n) is 18.2. The Morgan fingerprint density at radius 3 is 2.64 bits per heavy atom. The molecule has 1 fully saturated rings. The first kappa shape index (κ1) is 22.4. The number of hydrogen-bond donors (Lipinski definition) is 0. The van der Waals surface area contributed by atoms with Gasteiger partial charge >= 0.3 is 5.69 Å². The summed E-state index contributed by atoms with van der Waals surface area (Å²) in [5, 5.41) is 15.3. The molecule has 0 spiro atoms. The quantitative estimate of drug-likeness (QED) is 0.403. The first-order valence-corrected chi connectivity index (χ1v) is 10.6. The van der Waals surface area contributed by atoms with E-state index < -0.39 is 10.7 Å². The van der Waals surface area contributed by atoms with Crippen LogP contribution in [0.15, 0.2) is 54.7 Å². The Kier molecular flexibility index (Phi) is 6.64. The summed E-state index contributed by atoms with van der Waals surface area (Å²) in [6, 6.07) is 12.8. The molecule has 0 N–H and O–H groups in total. The van der Waals surface area contributed by atoms with E-state index in [1.165, 1.54) is 15.8 Å². The predicted molar refractivity (Wildman–Crippen MR) is 118 cm³/mol. The van der Waals surface area contributed by atoms with Gasteiger partial charge < -0.3 is 9.64 Å². The summed E-state index contributed by atoms with van der Waals surface area (Å²) in [7, 11) is 0. The van der Waals surface area contributed by atoms with E-state index in [9.17, 15) is 19.3 Å². The third-order valence-electron chi connectivity index (χ3n) is 5.65. The van der Waals surface area contributed by atoms with E-state index in [0.29, 0.717) is 13.1 Å². The second kappa shape index (κ2) is 9.78. The van der Waals surface area contributed by atoms with Gasteiger partial charge in [0.05, 0.1) is 4.92 Å².